The standard InChI is InChI=1S/C13H16BrN3O2/c1-9-4-2-3-7-17(9)8-12-15-16-13(19-12)10-5-6-11(14)18-10/h5-6,9H,2-4,7-8H2,1H3/t9-/m1/s1. The van der Waals surface area contributed by atoms with Crippen LogP contribution in [0, 0.1) is 0 Å². The van der Waals surface area contributed by atoms with Gasteiger partial charge in [0, 0.05) is 6.04 Å². The molecule has 0 radical (unpaired) electrons. The van der Waals surface area contributed by atoms with E-state index in [1.54, 1.807) is 0 Å². The molecule has 0 aromatic carbocycles. The normalized spacial score (nSPS) is 20.8. The van der Waals surface area contributed by atoms with E-state index in [9.17, 15) is 0 Å². The van der Waals surface area contributed by atoms with E-state index >= 15 is 0 Å². The Kier molecular flexibility index (Phi) is 3.70. The molecule has 0 spiro atoms. The number of aromatic nitrogens is 2. The molecule has 0 amide bonds. The summed E-state index contributed by atoms with van der Waals surface area (Å²) in [6, 6.07) is 4.21. The summed E-state index contributed by atoms with van der Waals surface area (Å²) in [6.45, 7) is 4.07. The Morgan fingerprint density at radius 1 is 1.32 bits per heavy atom. The zero-order valence-electron chi connectivity index (χ0n) is 10.8. The molecule has 1 aliphatic heterocycles. The third-order valence-electron chi connectivity index (χ3n) is 3.53. The molecule has 0 unspecified atom stereocenters. The fraction of sp³-hybridized carbons (Fsp3) is 0.538. The van der Waals surface area contributed by atoms with Crippen LogP contribution in [0.15, 0.2) is 25.6 Å². The first-order chi connectivity index (χ1) is 9.22. The van der Waals surface area contributed by atoms with Crippen LogP contribution in [0.2, 0.25) is 0 Å². The van der Waals surface area contributed by atoms with Crippen molar-refractivity contribution in [1.82, 2.24) is 15.1 Å². The third-order valence-corrected chi connectivity index (χ3v) is 3.96. The Morgan fingerprint density at radius 2 is 2.21 bits per heavy atom. The predicted molar refractivity (Wildman–Crippen MR) is 73.4 cm³/mol. The van der Waals surface area contributed by atoms with Gasteiger partial charge in [0.1, 0.15) is 0 Å². The molecule has 0 aliphatic carbocycles. The summed E-state index contributed by atoms with van der Waals surface area (Å²) < 4.78 is 11.7. The van der Waals surface area contributed by atoms with Gasteiger partial charge in [0.15, 0.2) is 10.4 Å². The molecule has 1 saturated heterocycles. The van der Waals surface area contributed by atoms with Gasteiger partial charge in [-0.3, -0.25) is 4.90 Å². The quantitative estimate of drug-likeness (QED) is 0.864. The van der Waals surface area contributed by atoms with Gasteiger partial charge in [-0.05, 0) is 54.4 Å². The van der Waals surface area contributed by atoms with Gasteiger partial charge in [-0.25, -0.2) is 0 Å². The van der Waals surface area contributed by atoms with Crippen molar-refractivity contribution in [2.24, 2.45) is 0 Å². The average Bonchev–Trinajstić information content (AvgIpc) is 3.01. The van der Waals surface area contributed by atoms with Crippen LogP contribution in [-0.4, -0.2) is 27.7 Å². The highest BCUT2D eigenvalue weighted by Gasteiger charge is 2.21. The number of piperidine rings is 1. The number of hydrogen-bond donors (Lipinski definition) is 0. The fourth-order valence-electron chi connectivity index (χ4n) is 2.41. The number of hydrogen-bond acceptors (Lipinski definition) is 5. The topological polar surface area (TPSA) is 55.3 Å². The molecule has 0 bridgehead atoms. The fourth-order valence-corrected chi connectivity index (χ4v) is 2.72. The zero-order chi connectivity index (χ0) is 13.2. The van der Waals surface area contributed by atoms with Crippen LogP contribution in [0.4, 0.5) is 0 Å². The minimum absolute atomic E-state index is 0.436. The monoisotopic (exact) mass is 325 g/mol. The molecule has 5 nitrogen and oxygen atoms in total. The third kappa shape index (κ3) is 2.90. The van der Waals surface area contributed by atoms with Crippen molar-refractivity contribution in [3.63, 3.8) is 0 Å². The van der Waals surface area contributed by atoms with Gasteiger partial charge in [0.05, 0.1) is 6.54 Å². The molecule has 6 heteroatoms. The lowest BCUT2D eigenvalue weighted by Crippen LogP contribution is -2.36. The van der Waals surface area contributed by atoms with Gasteiger partial charge < -0.3 is 8.83 Å². The summed E-state index contributed by atoms with van der Waals surface area (Å²) >= 11 is 3.26. The highest BCUT2D eigenvalue weighted by atomic mass is 79.9. The minimum atomic E-state index is 0.436. The van der Waals surface area contributed by atoms with Crippen LogP contribution in [0.1, 0.15) is 32.1 Å². The predicted octanol–water partition coefficient (Wildman–Crippen LogP) is 3.47. The molecule has 3 rings (SSSR count). The van der Waals surface area contributed by atoms with Crippen LogP contribution >= 0.6 is 15.9 Å². The van der Waals surface area contributed by atoms with Crippen LogP contribution in [0.3, 0.4) is 0 Å². The second-order valence-electron chi connectivity index (χ2n) is 4.92. The van der Waals surface area contributed by atoms with Crippen molar-refractivity contribution in [1.29, 1.82) is 0 Å². The van der Waals surface area contributed by atoms with E-state index in [4.69, 9.17) is 8.83 Å². The number of likely N-dealkylation sites (tertiary alicyclic amines) is 1. The molecule has 0 N–H and O–H groups in total. The Bertz CT molecular complexity index is 552. The summed E-state index contributed by atoms with van der Waals surface area (Å²) in [7, 11) is 0. The maximum atomic E-state index is 5.66. The van der Waals surface area contributed by atoms with E-state index in [0.29, 0.717) is 28.3 Å². The molecule has 1 atom stereocenters. The first-order valence-electron chi connectivity index (χ1n) is 6.54. The van der Waals surface area contributed by atoms with Gasteiger partial charge in [-0.1, -0.05) is 6.42 Å². The summed E-state index contributed by atoms with van der Waals surface area (Å²) in [4.78, 5) is 2.39. The van der Waals surface area contributed by atoms with Gasteiger partial charge in [0.25, 0.3) is 5.89 Å². The SMILES string of the molecule is C[C@@H]1CCCCN1Cc1nnc(-c2ccc(Br)o2)o1. The maximum absolute atomic E-state index is 5.66. The molecule has 19 heavy (non-hydrogen) atoms. The largest absolute Gasteiger partial charge is 0.444 e. The van der Waals surface area contributed by atoms with Crippen molar-refractivity contribution in [2.75, 3.05) is 6.54 Å². The molecule has 1 fully saturated rings. The van der Waals surface area contributed by atoms with E-state index < -0.39 is 0 Å². The Hall–Kier alpha value is -1.14. The second-order valence-corrected chi connectivity index (χ2v) is 5.70. The molecule has 0 saturated carbocycles. The number of furan rings is 1. The molecule has 2 aromatic rings. The van der Waals surface area contributed by atoms with Crippen LogP contribution in [0.5, 0.6) is 0 Å². The lowest BCUT2D eigenvalue weighted by molar-refractivity contribution is 0.139. The molecular formula is C13H16BrN3O2. The second kappa shape index (κ2) is 5.46. The lowest BCUT2D eigenvalue weighted by Gasteiger charge is -2.31. The first kappa shape index (κ1) is 12.9. The average molecular weight is 326 g/mol. The summed E-state index contributed by atoms with van der Waals surface area (Å²) in [5, 5.41) is 8.13. The smallest absolute Gasteiger partial charge is 0.283 e. The minimum Gasteiger partial charge on any atom is -0.444 e. The molecule has 1 aliphatic rings. The zero-order valence-corrected chi connectivity index (χ0v) is 12.4. The van der Waals surface area contributed by atoms with Crippen LogP contribution in [-0.2, 0) is 6.54 Å². The van der Waals surface area contributed by atoms with Crippen molar-refractivity contribution in [3.8, 4) is 11.7 Å². The first-order valence-corrected chi connectivity index (χ1v) is 7.34. The molecule has 102 valence electrons. The van der Waals surface area contributed by atoms with E-state index in [0.717, 1.165) is 13.1 Å². The highest BCUT2D eigenvalue weighted by Crippen LogP contribution is 2.25. The van der Waals surface area contributed by atoms with E-state index in [-0.39, 0.29) is 0 Å². The molecular weight excluding hydrogens is 310 g/mol. The van der Waals surface area contributed by atoms with Crippen LogP contribution < -0.4 is 0 Å². The van der Waals surface area contributed by atoms with Gasteiger partial charge in [-0.2, -0.15) is 0 Å². The summed E-state index contributed by atoms with van der Waals surface area (Å²) in [6.07, 6.45) is 3.80. The number of rotatable bonds is 3. The van der Waals surface area contributed by atoms with Crippen molar-refractivity contribution in [3.05, 3.63) is 22.7 Å². The van der Waals surface area contributed by atoms with Crippen molar-refractivity contribution >= 4 is 15.9 Å². The van der Waals surface area contributed by atoms with Gasteiger partial charge in [0.2, 0.25) is 5.89 Å². The maximum Gasteiger partial charge on any atom is 0.283 e. The van der Waals surface area contributed by atoms with Crippen LogP contribution in [0.25, 0.3) is 11.7 Å². The van der Waals surface area contributed by atoms with E-state index in [1.165, 1.54) is 19.3 Å². The van der Waals surface area contributed by atoms with Crippen molar-refractivity contribution < 1.29 is 8.83 Å². The molecule has 3 heterocycles. The Labute approximate surface area is 120 Å². The summed E-state index contributed by atoms with van der Waals surface area (Å²) in [5.74, 6) is 1.68. The molecule has 2 aromatic heterocycles. The number of nitrogens with zero attached hydrogens (tertiary/aromatic N) is 3. The van der Waals surface area contributed by atoms with Crippen molar-refractivity contribution in [2.45, 2.75) is 38.8 Å². The highest BCUT2D eigenvalue weighted by molar-refractivity contribution is 9.10. The van der Waals surface area contributed by atoms with Gasteiger partial charge in [-0.15, -0.1) is 10.2 Å². The lowest BCUT2D eigenvalue weighted by atomic mass is 10.0. The number of halogens is 1. The Balaban J connectivity index is 1.71. The van der Waals surface area contributed by atoms with E-state index in [2.05, 4.69) is 38.0 Å². The Morgan fingerprint density at radius 3 is 2.95 bits per heavy atom. The summed E-state index contributed by atoms with van der Waals surface area (Å²) in [5.41, 5.74) is 0. The van der Waals surface area contributed by atoms with E-state index in [1.807, 2.05) is 12.1 Å². The van der Waals surface area contributed by atoms with Gasteiger partial charge >= 0.3 is 0 Å².